The molecule has 8 nitrogen and oxygen atoms in total. The molecule has 48 heavy (non-hydrogen) atoms. The number of carbonyl (C=O) groups is 2. The van der Waals surface area contributed by atoms with Gasteiger partial charge in [0.1, 0.15) is 0 Å². The molecule has 0 aliphatic rings. The number of hydrogen-bond acceptors (Lipinski definition) is 8. The van der Waals surface area contributed by atoms with E-state index < -0.39 is 25.5 Å². The molecule has 0 spiro atoms. The van der Waals surface area contributed by atoms with Crippen molar-refractivity contribution < 1.29 is 38.8 Å². The molecule has 0 aliphatic carbocycles. The van der Waals surface area contributed by atoms with Gasteiger partial charge >= 0.3 is 19.3 Å². The molecule has 0 aromatic rings. The second kappa shape index (κ2) is 38.6. The van der Waals surface area contributed by atoms with Gasteiger partial charge in [0.05, 0.1) is 6.61 Å². The molecule has 0 aromatic carbocycles. The van der Waals surface area contributed by atoms with Gasteiger partial charge in [-0.15, -0.1) is 0 Å². The Morgan fingerprint density at radius 3 is 1.00 bits per heavy atom. The molecular weight excluding hydrogens is 607 g/mol. The fourth-order valence-electron chi connectivity index (χ4n) is 6.09. The molecule has 284 valence electrons. The molecule has 2 N–H and O–H groups in total. The van der Waals surface area contributed by atoms with Gasteiger partial charge in [-0.1, -0.05) is 194 Å². The predicted octanol–water partition coefficient (Wildman–Crippen LogP) is 11.2. The lowest BCUT2D eigenvalue weighted by Gasteiger charge is -2.18. The second-order valence-corrected chi connectivity index (χ2v) is 13.8. The van der Waals surface area contributed by atoms with Crippen LogP contribution < -0.4 is 0 Å². The van der Waals surface area contributed by atoms with E-state index in [1.54, 1.807) is 0 Å². The van der Waals surface area contributed by atoms with Crippen molar-refractivity contribution in [3.8, 4) is 0 Å². The maximum atomic E-state index is 12.5. The highest BCUT2D eigenvalue weighted by atomic mass is 17.2. The van der Waals surface area contributed by atoms with Gasteiger partial charge in [0, 0.05) is 19.3 Å². The molecule has 0 heterocycles. The first-order valence-corrected chi connectivity index (χ1v) is 20.5. The highest BCUT2D eigenvalue weighted by molar-refractivity contribution is 6.32. The third kappa shape index (κ3) is 37.7. The predicted molar refractivity (Wildman–Crippen MR) is 197 cm³/mol. The zero-order chi connectivity index (χ0) is 35.2. The molecule has 0 radical (unpaired) electrons. The Morgan fingerprint density at radius 2 is 0.729 bits per heavy atom. The minimum atomic E-state index is -2.07. The molecule has 0 fully saturated rings. The lowest BCUT2D eigenvalue weighted by atomic mass is 10.0. The van der Waals surface area contributed by atoms with Gasteiger partial charge in [-0.25, -0.2) is 9.69 Å². The van der Waals surface area contributed by atoms with Gasteiger partial charge in [-0.05, 0) is 12.8 Å². The van der Waals surface area contributed by atoms with Crippen LogP contribution in [0.25, 0.3) is 0 Å². The van der Waals surface area contributed by atoms with Crippen molar-refractivity contribution in [2.45, 2.75) is 232 Å². The van der Waals surface area contributed by atoms with Crippen LogP contribution in [0, 0.1) is 0 Å². The molecule has 0 atom stereocenters. The molecule has 0 aromatic heterocycles. The molecule has 0 unspecified atom stereocenters. The monoisotopic (exact) mass is 685 g/mol. The lowest BCUT2D eigenvalue weighted by Crippen LogP contribution is -2.27. The van der Waals surface area contributed by atoms with Crippen molar-refractivity contribution in [2.75, 3.05) is 6.61 Å². The maximum Gasteiger partial charge on any atom is 0.662 e. The third-order valence-corrected chi connectivity index (χ3v) is 9.09. The Bertz CT molecular complexity index is 630. The zero-order valence-electron chi connectivity index (χ0n) is 31.5. The fourth-order valence-corrected chi connectivity index (χ4v) is 6.09. The van der Waals surface area contributed by atoms with Gasteiger partial charge in [0.2, 0.25) is 6.29 Å². The lowest BCUT2D eigenvalue weighted by molar-refractivity contribution is -0.247. The van der Waals surface area contributed by atoms with Gasteiger partial charge in [0.25, 0.3) is 0 Å². The number of unbranched alkanes of at least 4 members (excludes halogenated alkanes) is 28. The Hall–Kier alpha value is -1.16. The number of carbonyl (C=O) groups excluding carboxylic acids is 2. The molecule has 0 bridgehead atoms. The number of esters is 2. The minimum Gasteiger partial charge on any atom is -0.425 e. The average molecular weight is 685 g/mol. The van der Waals surface area contributed by atoms with Gasteiger partial charge in [-0.3, -0.25) is 9.59 Å². The summed E-state index contributed by atoms with van der Waals surface area (Å²) < 4.78 is 10.9. The summed E-state index contributed by atoms with van der Waals surface area (Å²) in [5.41, 5.74) is 0. The van der Waals surface area contributed by atoms with E-state index in [0.717, 1.165) is 38.5 Å². The largest absolute Gasteiger partial charge is 0.662 e. The summed E-state index contributed by atoms with van der Waals surface area (Å²) in [7, 11) is -2.07. The van der Waals surface area contributed by atoms with Crippen LogP contribution in [0.5, 0.6) is 0 Å². The van der Waals surface area contributed by atoms with Crippen LogP contribution in [0.4, 0.5) is 0 Å². The van der Waals surface area contributed by atoms with Crippen molar-refractivity contribution in [3.05, 3.63) is 0 Å². The van der Waals surface area contributed by atoms with Crippen LogP contribution in [0.15, 0.2) is 0 Å². The third-order valence-electron chi connectivity index (χ3n) is 9.09. The van der Waals surface area contributed by atoms with E-state index in [1.165, 1.54) is 154 Å². The van der Waals surface area contributed by atoms with Gasteiger partial charge in [-0.2, -0.15) is 0 Å². The fraction of sp³-hybridized carbons (Fsp3) is 0.949. The van der Waals surface area contributed by atoms with Crippen LogP contribution in [-0.4, -0.2) is 42.2 Å². The van der Waals surface area contributed by atoms with E-state index in [9.17, 15) is 9.59 Å². The first-order valence-electron chi connectivity index (χ1n) is 20.5. The van der Waals surface area contributed by atoms with Crippen molar-refractivity contribution in [2.24, 2.45) is 0 Å². The van der Waals surface area contributed by atoms with Crippen LogP contribution in [-0.2, 0) is 28.8 Å². The van der Waals surface area contributed by atoms with E-state index in [0.29, 0.717) is 0 Å². The number of hydrogen-bond donors (Lipinski definition) is 2. The molecule has 0 rings (SSSR count). The summed E-state index contributed by atoms with van der Waals surface area (Å²) in [5.74, 6) is -0.810. The summed E-state index contributed by atoms with van der Waals surface area (Å²) in [5, 5.41) is 17.5. The van der Waals surface area contributed by atoms with Crippen LogP contribution in [0.2, 0.25) is 0 Å². The zero-order valence-corrected chi connectivity index (χ0v) is 31.5. The summed E-state index contributed by atoms with van der Waals surface area (Å²) in [6, 6.07) is 0. The Morgan fingerprint density at radius 1 is 0.458 bits per heavy atom. The van der Waals surface area contributed by atoms with E-state index in [1.807, 2.05) is 0 Å². The summed E-state index contributed by atoms with van der Waals surface area (Å²) in [6.07, 6.45) is 37.2. The highest BCUT2D eigenvalue weighted by Gasteiger charge is 2.20. The van der Waals surface area contributed by atoms with Gasteiger partial charge < -0.3 is 19.5 Å². The topological polar surface area (TPSA) is 112 Å². The van der Waals surface area contributed by atoms with Crippen molar-refractivity contribution in [3.63, 3.8) is 0 Å². The summed E-state index contributed by atoms with van der Waals surface area (Å²) in [4.78, 5) is 33.8. The van der Waals surface area contributed by atoms with E-state index in [2.05, 4.69) is 23.5 Å². The van der Waals surface area contributed by atoms with Crippen LogP contribution in [0.1, 0.15) is 226 Å². The normalized spacial score (nSPS) is 11.4. The molecule has 0 amide bonds. The SMILES string of the molecule is CCCCCCCCCCCCCCCCCC(=O)OC(CCOOB(O)O)OC(=O)CCCCCCCCCCCCCCCCC. The molecule has 0 aliphatic heterocycles. The van der Waals surface area contributed by atoms with Gasteiger partial charge in [0.15, 0.2) is 0 Å². The van der Waals surface area contributed by atoms with Crippen molar-refractivity contribution in [1.82, 2.24) is 0 Å². The number of rotatable bonds is 39. The summed E-state index contributed by atoms with van der Waals surface area (Å²) in [6.45, 7) is 4.40. The van der Waals surface area contributed by atoms with Crippen molar-refractivity contribution in [1.29, 1.82) is 0 Å². The Kier molecular flexibility index (Phi) is 37.7. The minimum absolute atomic E-state index is 0.0436. The average Bonchev–Trinajstić information content (AvgIpc) is 3.06. The van der Waals surface area contributed by atoms with Crippen LogP contribution in [0.3, 0.4) is 0 Å². The summed E-state index contributed by atoms with van der Waals surface area (Å²) >= 11 is 0. The molecule has 0 saturated heterocycles. The molecular formula is C39H77BO8. The quantitative estimate of drug-likeness (QED) is 0.0164. The van der Waals surface area contributed by atoms with Crippen molar-refractivity contribution >= 4 is 19.3 Å². The van der Waals surface area contributed by atoms with Crippen LogP contribution >= 0.6 is 0 Å². The highest BCUT2D eigenvalue weighted by Crippen LogP contribution is 2.16. The number of ether oxygens (including phenoxy) is 2. The maximum absolute atomic E-state index is 12.5. The molecule has 0 saturated carbocycles. The molecule has 9 heteroatoms. The Labute approximate surface area is 296 Å². The second-order valence-electron chi connectivity index (χ2n) is 13.8. The smallest absolute Gasteiger partial charge is 0.425 e. The standard InChI is InChI=1S/C39H77BO8/c1-3-5-7-9-11-13-15-17-19-21-23-25-27-29-31-33-37(41)46-39(35-36-45-48-40(43)44)47-38(42)34-32-30-28-26-24-22-20-18-16-14-12-10-8-6-4-2/h39,43-44H,3-36H2,1-2H3. The van der Waals surface area contributed by atoms with E-state index >= 15 is 0 Å². The van der Waals surface area contributed by atoms with E-state index in [-0.39, 0.29) is 25.9 Å². The first-order chi connectivity index (χ1) is 23.5. The Balaban J connectivity index is 3.93. The first kappa shape index (κ1) is 46.8. The van der Waals surface area contributed by atoms with E-state index in [4.69, 9.17) is 19.5 Å².